The number of benzene rings is 2. The molecule has 3 atom stereocenters. The predicted octanol–water partition coefficient (Wildman–Crippen LogP) is 5.27. The number of nitrogens with one attached hydrogen (secondary N) is 2. The number of aromatic amines is 2. The summed E-state index contributed by atoms with van der Waals surface area (Å²) in [4.78, 5) is 12.4. The summed E-state index contributed by atoms with van der Waals surface area (Å²) in [5.74, 6) is 0. The largest absolute Gasteiger partial charge is 0.456 e. The van der Waals surface area contributed by atoms with E-state index >= 15 is 0 Å². The first kappa shape index (κ1) is 21.6. The average molecular weight is 500 g/mol. The molecule has 2 aromatic carbocycles. The summed E-state index contributed by atoms with van der Waals surface area (Å²) in [7, 11) is 0. The van der Waals surface area contributed by atoms with E-state index in [1.54, 1.807) is 6.20 Å². The average Bonchev–Trinajstić information content (AvgIpc) is 3.70. The monoisotopic (exact) mass is 499 g/mol. The number of ether oxygens (including phenoxy) is 3. The van der Waals surface area contributed by atoms with E-state index in [0.29, 0.717) is 35.6 Å². The van der Waals surface area contributed by atoms with Gasteiger partial charge in [-0.05, 0) is 35.2 Å². The lowest BCUT2D eigenvalue weighted by atomic mass is 10.0. The van der Waals surface area contributed by atoms with Crippen LogP contribution in [0.15, 0.2) is 66.9 Å². The number of halogens is 1. The zero-order chi connectivity index (χ0) is 24.1. The highest BCUT2D eigenvalue weighted by Gasteiger charge is 2.43. The fourth-order valence-corrected chi connectivity index (χ4v) is 5.17. The zero-order valence-electron chi connectivity index (χ0n) is 19.1. The maximum atomic E-state index is 6.61. The number of rotatable bonds is 5. The van der Waals surface area contributed by atoms with Crippen molar-refractivity contribution >= 4 is 22.8 Å². The van der Waals surface area contributed by atoms with Crippen molar-refractivity contribution in [3.63, 3.8) is 0 Å². The van der Waals surface area contributed by atoms with Crippen LogP contribution >= 0.6 is 11.6 Å². The van der Waals surface area contributed by atoms with Gasteiger partial charge in [0.25, 0.3) is 6.01 Å². The van der Waals surface area contributed by atoms with Crippen LogP contribution in [-0.4, -0.2) is 56.7 Å². The summed E-state index contributed by atoms with van der Waals surface area (Å²) >= 11 is 6.61. The van der Waals surface area contributed by atoms with Crippen molar-refractivity contribution in [2.24, 2.45) is 0 Å². The van der Waals surface area contributed by atoms with Gasteiger partial charge in [0.15, 0.2) is 11.8 Å². The lowest BCUT2D eigenvalue weighted by molar-refractivity contribution is 0.0273. The first-order valence-corrected chi connectivity index (χ1v) is 12.3. The standard InChI is InChI=1S/C27H22ClN5O3/c28-19-13-21-26(32-27(30-21)36-23-14-35-22-10-12-34-25(22)23)31-24(19)18-7-3-16(4-8-18)15-1-5-17(6-2-15)20-9-11-29-33-20/h1-9,11,13,22-23,25H,10,12,14H2,(H,29,33)(H,30,31,32)/t22-,23?,25+/m1/s1. The molecule has 2 saturated heterocycles. The Kier molecular flexibility index (Phi) is 5.23. The first-order chi connectivity index (χ1) is 17.7. The molecule has 0 spiro atoms. The molecule has 9 heteroatoms. The molecule has 5 heterocycles. The zero-order valence-corrected chi connectivity index (χ0v) is 19.9. The first-order valence-electron chi connectivity index (χ1n) is 11.9. The molecule has 0 bridgehead atoms. The van der Waals surface area contributed by atoms with Crippen LogP contribution in [0.2, 0.25) is 5.02 Å². The topological polar surface area (TPSA) is 97.9 Å². The highest BCUT2D eigenvalue weighted by molar-refractivity contribution is 6.33. The van der Waals surface area contributed by atoms with Gasteiger partial charge in [0.2, 0.25) is 0 Å². The van der Waals surface area contributed by atoms with Crippen molar-refractivity contribution in [3.8, 4) is 39.7 Å². The molecule has 2 N–H and O–H groups in total. The SMILES string of the molecule is Clc1cc2[nH]c(OC3CO[C@@H]4CCO[C@H]34)nc2nc1-c1ccc(-c2ccc(-c3ccn[nH]3)cc2)cc1. The second kappa shape index (κ2) is 8.74. The van der Waals surface area contributed by atoms with Crippen molar-refractivity contribution in [1.82, 2.24) is 25.1 Å². The van der Waals surface area contributed by atoms with Crippen LogP contribution in [0.3, 0.4) is 0 Å². The molecular weight excluding hydrogens is 478 g/mol. The minimum absolute atomic E-state index is 0.0504. The maximum Gasteiger partial charge on any atom is 0.296 e. The molecular formula is C27H22ClN5O3. The van der Waals surface area contributed by atoms with E-state index in [2.05, 4.69) is 56.6 Å². The number of hydrogen-bond donors (Lipinski definition) is 2. The molecule has 0 radical (unpaired) electrons. The Morgan fingerprint density at radius 3 is 2.39 bits per heavy atom. The number of imidazole rings is 1. The van der Waals surface area contributed by atoms with Crippen LogP contribution in [0, 0.1) is 0 Å². The van der Waals surface area contributed by atoms with Gasteiger partial charge in [0.1, 0.15) is 6.10 Å². The molecule has 3 aromatic heterocycles. The van der Waals surface area contributed by atoms with Gasteiger partial charge in [-0.3, -0.25) is 5.10 Å². The molecule has 0 aliphatic carbocycles. The van der Waals surface area contributed by atoms with Gasteiger partial charge in [0.05, 0.1) is 34.6 Å². The minimum Gasteiger partial charge on any atom is -0.456 e. The number of pyridine rings is 1. The summed E-state index contributed by atoms with van der Waals surface area (Å²) < 4.78 is 17.6. The minimum atomic E-state index is -0.186. The second-order valence-corrected chi connectivity index (χ2v) is 9.42. The van der Waals surface area contributed by atoms with Gasteiger partial charge in [-0.25, -0.2) is 4.98 Å². The van der Waals surface area contributed by atoms with Gasteiger partial charge in [-0.1, -0.05) is 60.1 Å². The molecule has 0 amide bonds. The van der Waals surface area contributed by atoms with E-state index < -0.39 is 0 Å². The smallest absolute Gasteiger partial charge is 0.296 e. The quantitative estimate of drug-likeness (QED) is 0.342. The molecule has 180 valence electrons. The van der Waals surface area contributed by atoms with Gasteiger partial charge in [-0.15, -0.1) is 0 Å². The van der Waals surface area contributed by atoms with Gasteiger partial charge >= 0.3 is 0 Å². The van der Waals surface area contributed by atoms with Crippen LogP contribution in [0.5, 0.6) is 6.01 Å². The third kappa shape index (κ3) is 3.83. The van der Waals surface area contributed by atoms with Gasteiger partial charge in [-0.2, -0.15) is 10.1 Å². The number of nitrogens with zero attached hydrogens (tertiary/aromatic N) is 3. The van der Waals surface area contributed by atoms with E-state index in [1.807, 2.05) is 24.3 Å². The fourth-order valence-electron chi connectivity index (χ4n) is 4.91. The van der Waals surface area contributed by atoms with Crippen LogP contribution in [0.25, 0.3) is 44.8 Å². The number of hydrogen-bond acceptors (Lipinski definition) is 6. The fraction of sp³-hybridized carbons (Fsp3) is 0.222. The van der Waals surface area contributed by atoms with E-state index in [4.69, 9.17) is 30.8 Å². The molecule has 2 fully saturated rings. The summed E-state index contributed by atoms with van der Waals surface area (Å²) in [5.41, 5.74) is 7.17. The second-order valence-electron chi connectivity index (χ2n) is 9.01. The van der Waals surface area contributed by atoms with E-state index in [1.165, 1.54) is 0 Å². The van der Waals surface area contributed by atoms with Crippen molar-refractivity contribution in [2.75, 3.05) is 13.2 Å². The van der Waals surface area contributed by atoms with Gasteiger partial charge < -0.3 is 19.2 Å². The Balaban J connectivity index is 1.12. The Morgan fingerprint density at radius 1 is 0.889 bits per heavy atom. The molecule has 2 aliphatic rings. The molecule has 0 saturated carbocycles. The highest BCUT2D eigenvalue weighted by Crippen LogP contribution is 2.33. The van der Waals surface area contributed by atoms with Crippen LogP contribution in [-0.2, 0) is 9.47 Å². The number of H-pyrrole nitrogens is 2. The molecule has 5 aromatic rings. The Morgan fingerprint density at radius 2 is 1.64 bits per heavy atom. The van der Waals surface area contributed by atoms with Crippen molar-refractivity contribution in [3.05, 3.63) is 71.9 Å². The maximum absolute atomic E-state index is 6.61. The highest BCUT2D eigenvalue weighted by atomic mass is 35.5. The Labute approximate surface area is 211 Å². The predicted molar refractivity (Wildman–Crippen MR) is 136 cm³/mol. The Hall–Kier alpha value is -3.72. The van der Waals surface area contributed by atoms with Gasteiger partial charge in [0, 0.05) is 18.4 Å². The summed E-state index contributed by atoms with van der Waals surface area (Å²) in [6.45, 7) is 1.19. The Bertz CT molecular complexity index is 1520. The third-order valence-corrected chi connectivity index (χ3v) is 7.06. The lowest BCUT2D eigenvalue weighted by Crippen LogP contribution is -2.32. The third-order valence-electron chi connectivity index (χ3n) is 6.78. The van der Waals surface area contributed by atoms with Crippen LogP contribution in [0.1, 0.15) is 6.42 Å². The molecule has 36 heavy (non-hydrogen) atoms. The molecule has 7 rings (SSSR count). The molecule has 8 nitrogen and oxygen atoms in total. The van der Waals surface area contributed by atoms with Crippen molar-refractivity contribution in [1.29, 1.82) is 0 Å². The molecule has 1 unspecified atom stereocenters. The van der Waals surface area contributed by atoms with Crippen LogP contribution < -0.4 is 4.74 Å². The van der Waals surface area contributed by atoms with E-state index in [0.717, 1.165) is 39.9 Å². The summed E-state index contributed by atoms with van der Waals surface area (Å²) in [6.07, 6.45) is 2.52. The normalized spacial score (nSPS) is 21.2. The van der Waals surface area contributed by atoms with E-state index in [-0.39, 0.29) is 18.3 Å². The van der Waals surface area contributed by atoms with Crippen molar-refractivity contribution in [2.45, 2.75) is 24.7 Å². The van der Waals surface area contributed by atoms with E-state index in [9.17, 15) is 0 Å². The molecule has 2 aliphatic heterocycles. The number of fused-ring (bicyclic) bond motifs is 2. The van der Waals surface area contributed by atoms with Crippen LogP contribution in [0.4, 0.5) is 0 Å². The number of aromatic nitrogens is 5. The van der Waals surface area contributed by atoms with Crippen molar-refractivity contribution < 1.29 is 14.2 Å². The lowest BCUT2D eigenvalue weighted by Gasteiger charge is -2.15. The summed E-state index contributed by atoms with van der Waals surface area (Å²) in [5, 5.41) is 7.54. The summed E-state index contributed by atoms with van der Waals surface area (Å²) in [6, 6.07) is 20.7.